The number of aromatic nitrogens is 4. The standard InChI is InChI=1S/C13H20BrN3O2.C11H18N2O.C6H15N.C3H4BrClO.ClH/c1-9(14)13(18)17(2)8-11-7-15-12(16-11)10-3-5-19-6-4-10;1-2-3-10-8-12-11(13-10)9-4-6-14-7-5-9;1-4-7(5-2)6-3;1-2(4)3(5)6;/h7,9-10H,3-6,8H2,1-2H3,(H,15,16);8-9H,2-7H2,1H3,(H,12,13);4-6H2,1-3H3;2H,1H3;1H. The van der Waals surface area contributed by atoms with Crippen molar-refractivity contribution in [3.05, 3.63) is 35.4 Å². The SMILES string of the molecule is CC(Br)C(=O)Cl.CC(Br)C(=O)N(C)Cc1cnc(C2CCOCC2)[nH]1.CCCc1cnc(C2CCOCC2)[nH]1.CCN(CC)CC.Cl. The summed E-state index contributed by atoms with van der Waals surface area (Å²) in [5.41, 5.74) is 2.25. The number of rotatable bonds is 11. The van der Waals surface area contributed by atoms with Crippen LogP contribution in [0.5, 0.6) is 0 Å². The predicted molar refractivity (Wildman–Crippen MR) is 202 cm³/mol. The Morgan fingerprint density at radius 1 is 0.851 bits per heavy atom. The molecular weight excluding hydrogens is 775 g/mol. The van der Waals surface area contributed by atoms with Crippen molar-refractivity contribution in [2.45, 2.75) is 108 Å². The van der Waals surface area contributed by atoms with Gasteiger partial charge in [0.1, 0.15) is 11.6 Å². The van der Waals surface area contributed by atoms with Crippen LogP contribution < -0.4 is 0 Å². The van der Waals surface area contributed by atoms with E-state index in [-0.39, 0.29) is 33.2 Å². The van der Waals surface area contributed by atoms with Crippen LogP contribution in [0.2, 0.25) is 0 Å². The smallest absolute Gasteiger partial charge is 0.236 e. The highest BCUT2D eigenvalue weighted by molar-refractivity contribution is 9.10. The molecule has 2 aromatic rings. The molecule has 10 nitrogen and oxygen atoms in total. The van der Waals surface area contributed by atoms with Crippen molar-refractivity contribution < 1.29 is 19.1 Å². The van der Waals surface area contributed by atoms with Gasteiger partial charge in [-0.2, -0.15) is 0 Å². The Labute approximate surface area is 310 Å². The van der Waals surface area contributed by atoms with E-state index in [4.69, 9.17) is 21.1 Å². The number of nitrogens with zero attached hydrogens (tertiary/aromatic N) is 4. The summed E-state index contributed by atoms with van der Waals surface area (Å²) in [4.78, 5) is 41.0. The van der Waals surface area contributed by atoms with Gasteiger partial charge in [-0.25, -0.2) is 9.97 Å². The Morgan fingerprint density at radius 2 is 1.26 bits per heavy atom. The second-order valence-corrected chi connectivity index (χ2v) is 14.6. The molecule has 2 aromatic heterocycles. The number of imidazole rings is 2. The molecule has 0 spiro atoms. The molecule has 4 rings (SSSR count). The molecule has 0 saturated carbocycles. The van der Waals surface area contributed by atoms with Crippen LogP contribution in [0.4, 0.5) is 0 Å². The van der Waals surface area contributed by atoms with E-state index in [2.05, 4.69) is 84.4 Å². The highest BCUT2D eigenvalue weighted by atomic mass is 79.9. The molecule has 0 radical (unpaired) electrons. The first-order valence-corrected chi connectivity index (χ1v) is 18.9. The number of ether oxygens (including phenoxy) is 2. The van der Waals surface area contributed by atoms with Crippen molar-refractivity contribution in [2.24, 2.45) is 0 Å². The maximum absolute atomic E-state index is 11.8. The molecule has 47 heavy (non-hydrogen) atoms. The molecule has 14 heteroatoms. The van der Waals surface area contributed by atoms with E-state index >= 15 is 0 Å². The van der Waals surface area contributed by atoms with Crippen LogP contribution >= 0.6 is 55.9 Å². The monoisotopic (exact) mass is 830 g/mol. The summed E-state index contributed by atoms with van der Waals surface area (Å²) in [6, 6.07) is 0. The molecular formula is C33H58Br2Cl2N6O4. The fraction of sp³-hybridized carbons (Fsp3) is 0.758. The number of hydrogen-bond donors (Lipinski definition) is 2. The van der Waals surface area contributed by atoms with Crippen molar-refractivity contribution in [3.63, 3.8) is 0 Å². The summed E-state index contributed by atoms with van der Waals surface area (Å²) >= 11 is 11.2. The minimum atomic E-state index is -0.352. The van der Waals surface area contributed by atoms with Gasteiger partial charge in [0.15, 0.2) is 0 Å². The maximum atomic E-state index is 11.8. The lowest BCUT2D eigenvalue weighted by Crippen LogP contribution is -2.31. The molecule has 2 atom stereocenters. The van der Waals surface area contributed by atoms with Crippen molar-refractivity contribution in [1.82, 2.24) is 29.7 Å². The minimum Gasteiger partial charge on any atom is -0.381 e. The highest BCUT2D eigenvalue weighted by Gasteiger charge is 2.21. The van der Waals surface area contributed by atoms with Gasteiger partial charge in [-0.15, -0.1) is 12.4 Å². The third kappa shape index (κ3) is 19.1. The summed E-state index contributed by atoms with van der Waals surface area (Å²) in [5.74, 6) is 3.30. The van der Waals surface area contributed by atoms with E-state index in [0.29, 0.717) is 18.4 Å². The predicted octanol–water partition coefficient (Wildman–Crippen LogP) is 7.61. The summed E-state index contributed by atoms with van der Waals surface area (Å²) in [6.45, 7) is 19.8. The van der Waals surface area contributed by atoms with E-state index in [0.717, 1.165) is 75.9 Å². The lowest BCUT2D eigenvalue weighted by Gasteiger charge is -2.20. The summed E-state index contributed by atoms with van der Waals surface area (Å²) in [5, 5.41) is -0.352. The zero-order valence-electron chi connectivity index (χ0n) is 29.3. The number of carbonyl (C=O) groups is 2. The number of carbonyl (C=O) groups excluding carboxylic acids is 2. The van der Waals surface area contributed by atoms with Gasteiger partial charge >= 0.3 is 0 Å². The quantitative estimate of drug-likeness (QED) is 0.177. The molecule has 0 bridgehead atoms. The number of aryl methyl sites for hydroxylation is 1. The van der Waals surface area contributed by atoms with Crippen LogP contribution in [-0.2, 0) is 32.0 Å². The fourth-order valence-electron chi connectivity index (χ4n) is 4.89. The van der Waals surface area contributed by atoms with Gasteiger partial charge in [-0.1, -0.05) is 66.0 Å². The third-order valence-corrected chi connectivity index (χ3v) is 9.21. The molecule has 272 valence electrons. The van der Waals surface area contributed by atoms with Crippen LogP contribution in [0.25, 0.3) is 0 Å². The molecule has 2 aliphatic rings. The normalized spacial score (nSPS) is 16.2. The van der Waals surface area contributed by atoms with Gasteiger partial charge in [-0.3, -0.25) is 9.59 Å². The van der Waals surface area contributed by atoms with Gasteiger partial charge in [0, 0.05) is 57.2 Å². The van der Waals surface area contributed by atoms with E-state index in [1.54, 1.807) is 18.9 Å². The van der Waals surface area contributed by atoms with Crippen molar-refractivity contribution in [2.75, 3.05) is 53.1 Å². The van der Waals surface area contributed by atoms with Crippen LogP contribution in [-0.4, -0.2) is 104 Å². The Balaban J connectivity index is 0.000000663. The molecule has 0 aromatic carbocycles. The van der Waals surface area contributed by atoms with Crippen molar-refractivity contribution in [1.29, 1.82) is 0 Å². The molecule has 2 N–H and O–H groups in total. The number of aromatic amines is 2. The van der Waals surface area contributed by atoms with Crippen LogP contribution in [0.15, 0.2) is 12.4 Å². The molecule has 4 heterocycles. The molecule has 1 amide bonds. The summed E-state index contributed by atoms with van der Waals surface area (Å²) < 4.78 is 10.7. The Morgan fingerprint density at radius 3 is 1.60 bits per heavy atom. The number of nitrogens with one attached hydrogen (secondary N) is 2. The fourth-order valence-corrected chi connectivity index (χ4v) is 5.24. The zero-order valence-corrected chi connectivity index (χ0v) is 34.1. The van der Waals surface area contributed by atoms with Gasteiger partial charge in [-0.05, 0) is 77.2 Å². The molecule has 0 aliphatic carbocycles. The van der Waals surface area contributed by atoms with Crippen LogP contribution in [0, 0.1) is 0 Å². The number of halogens is 4. The lowest BCUT2D eigenvalue weighted by atomic mass is 10.00. The highest BCUT2D eigenvalue weighted by Crippen LogP contribution is 2.25. The van der Waals surface area contributed by atoms with Crippen LogP contribution in [0.3, 0.4) is 0 Å². The third-order valence-electron chi connectivity index (χ3n) is 7.81. The average Bonchev–Trinajstić information content (AvgIpc) is 3.73. The van der Waals surface area contributed by atoms with Gasteiger partial charge in [0.2, 0.25) is 11.1 Å². The summed E-state index contributed by atoms with van der Waals surface area (Å²) in [7, 11) is 1.80. The topological polar surface area (TPSA) is 116 Å². The Hall–Kier alpha value is -1.02. The first kappa shape index (κ1) is 46.0. The largest absolute Gasteiger partial charge is 0.381 e. The first-order valence-electron chi connectivity index (χ1n) is 16.6. The second kappa shape index (κ2) is 26.8. The molecule has 2 saturated heterocycles. The number of hydrogen-bond acceptors (Lipinski definition) is 7. The minimum absolute atomic E-state index is 0. The number of alkyl halides is 2. The Bertz CT molecular complexity index is 1080. The van der Waals surface area contributed by atoms with Crippen LogP contribution in [0.1, 0.15) is 109 Å². The molecule has 2 aliphatic heterocycles. The van der Waals surface area contributed by atoms with Crippen molar-refractivity contribution in [3.8, 4) is 0 Å². The second-order valence-electron chi connectivity index (χ2n) is 11.5. The Kier molecular flexibility index (Phi) is 26.2. The van der Waals surface area contributed by atoms with E-state index in [9.17, 15) is 9.59 Å². The van der Waals surface area contributed by atoms with E-state index in [1.165, 1.54) is 31.7 Å². The summed E-state index contributed by atoms with van der Waals surface area (Å²) in [6.07, 6.45) is 10.3. The van der Waals surface area contributed by atoms with Gasteiger partial charge in [0.25, 0.3) is 0 Å². The lowest BCUT2D eigenvalue weighted by molar-refractivity contribution is -0.129. The number of amides is 1. The van der Waals surface area contributed by atoms with Crippen molar-refractivity contribution >= 4 is 67.0 Å². The zero-order chi connectivity index (χ0) is 34.5. The maximum Gasteiger partial charge on any atom is 0.236 e. The first-order chi connectivity index (χ1) is 22.0. The van der Waals surface area contributed by atoms with Gasteiger partial charge in [0.05, 0.1) is 28.1 Å². The van der Waals surface area contributed by atoms with Gasteiger partial charge < -0.3 is 29.2 Å². The molecule has 2 unspecified atom stereocenters. The average molecular weight is 834 g/mol. The van der Waals surface area contributed by atoms with E-state index < -0.39 is 0 Å². The number of H-pyrrole nitrogens is 2. The van der Waals surface area contributed by atoms with E-state index in [1.807, 2.05) is 19.3 Å². The molecule has 2 fully saturated rings.